The van der Waals surface area contributed by atoms with Crippen molar-refractivity contribution in [3.63, 3.8) is 0 Å². The van der Waals surface area contributed by atoms with Gasteiger partial charge in [0.25, 0.3) is 0 Å². The van der Waals surface area contributed by atoms with Gasteiger partial charge in [-0.2, -0.15) is 0 Å². The third-order valence-electron chi connectivity index (χ3n) is 4.35. The van der Waals surface area contributed by atoms with Crippen LogP contribution in [0.15, 0.2) is 53.1 Å². The maximum atomic E-state index is 13.8. The number of hydrogen-bond donors (Lipinski definition) is 0. The quantitative estimate of drug-likeness (QED) is 0.697. The average Bonchev–Trinajstić information content (AvgIpc) is 3.14. The van der Waals surface area contributed by atoms with Gasteiger partial charge in [-0.05, 0) is 24.3 Å². The summed E-state index contributed by atoms with van der Waals surface area (Å²) in [5.41, 5.74) is 0.472. The Hall–Kier alpha value is -3.22. The van der Waals surface area contributed by atoms with Crippen LogP contribution in [0.2, 0.25) is 0 Å². The number of amides is 1. The van der Waals surface area contributed by atoms with Crippen molar-refractivity contribution in [2.75, 3.05) is 18.1 Å². The first kappa shape index (κ1) is 17.2. The minimum Gasteiger partial charge on any atom is -0.490 e. The summed E-state index contributed by atoms with van der Waals surface area (Å²) in [5, 5.41) is 0. The number of rotatable bonds is 4. The highest BCUT2D eigenvalue weighted by Crippen LogP contribution is 2.31. The molecule has 0 fully saturated rings. The average molecular weight is 370 g/mol. The van der Waals surface area contributed by atoms with Gasteiger partial charge in [0.15, 0.2) is 11.7 Å². The summed E-state index contributed by atoms with van der Waals surface area (Å²) in [4.78, 5) is 18.3. The van der Waals surface area contributed by atoms with Crippen LogP contribution in [0.5, 0.6) is 5.75 Å². The first-order valence-corrected chi connectivity index (χ1v) is 8.55. The van der Waals surface area contributed by atoms with Gasteiger partial charge in [-0.25, -0.2) is 13.8 Å². The van der Waals surface area contributed by atoms with Gasteiger partial charge in [-0.3, -0.25) is 4.79 Å². The Balaban J connectivity index is 1.46. The van der Waals surface area contributed by atoms with Crippen LogP contribution in [-0.4, -0.2) is 24.0 Å². The van der Waals surface area contributed by atoms with Crippen molar-refractivity contribution in [3.05, 3.63) is 66.2 Å². The van der Waals surface area contributed by atoms with Crippen molar-refractivity contribution in [1.29, 1.82) is 0 Å². The second kappa shape index (κ2) is 7.19. The Bertz CT molecular complexity index is 967. The third kappa shape index (κ3) is 3.40. The number of ether oxygens (including phenoxy) is 1. The molecule has 1 amide bonds. The third-order valence-corrected chi connectivity index (χ3v) is 4.35. The standard InChI is InChI=1S/C20H16F2N2O3/c21-13-4-3-5-14(22)20(13)17-12-23-18(27-17)8-9-19(25)24-10-11-26-16-7-2-1-6-15(16)24/h1-7,12H,8-11H2. The van der Waals surface area contributed by atoms with Crippen molar-refractivity contribution in [3.8, 4) is 17.1 Å². The number of anilines is 1. The smallest absolute Gasteiger partial charge is 0.227 e. The molecule has 7 heteroatoms. The van der Waals surface area contributed by atoms with Crippen LogP contribution in [-0.2, 0) is 11.2 Å². The minimum atomic E-state index is -0.723. The molecular weight excluding hydrogens is 354 g/mol. The first-order valence-electron chi connectivity index (χ1n) is 8.55. The van der Waals surface area contributed by atoms with E-state index >= 15 is 0 Å². The molecule has 0 unspecified atom stereocenters. The molecule has 1 aliphatic heterocycles. The number of fused-ring (bicyclic) bond motifs is 1. The molecule has 0 spiro atoms. The molecule has 0 aliphatic carbocycles. The van der Waals surface area contributed by atoms with Gasteiger partial charge in [0.2, 0.25) is 5.91 Å². The van der Waals surface area contributed by atoms with E-state index in [4.69, 9.17) is 9.15 Å². The number of nitrogens with zero attached hydrogens (tertiary/aromatic N) is 2. The summed E-state index contributed by atoms with van der Waals surface area (Å²) >= 11 is 0. The number of oxazole rings is 1. The van der Waals surface area contributed by atoms with Crippen LogP contribution in [0.1, 0.15) is 12.3 Å². The molecule has 27 heavy (non-hydrogen) atoms. The van der Waals surface area contributed by atoms with E-state index in [2.05, 4.69) is 4.98 Å². The molecule has 2 heterocycles. The van der Waals surface area contributed by atoms with Crippen LogP contribution in [0.3, 0.4) is 0 Å². The lowest BCUT2D eigenvalue weighted by Crippen LogP contribution is -2.38. The second-order valence-corrected chi connectivity index (χ2v) is 6.08. The molecule has 0 N–H and O–H groups in total. The summed E-state index contributed by atoms with van der Waals surface area (Å²) in [6, 6.07) is 10.9. The SMILES string of the molecule is O=C(CCc1ncc(-c2c(F)cccc2F)o1)N1CCOc2ccccc21. The molecule has 1 aromatic heterocycles. The summed E-state index contributed by atoms with van der Waals surface area (Å²) in [6.07, 6.45) is 1.66. The maximum Gasteiger partial charge on any atom is 0.227 e. The van der Waals surface area contributed by atoms with E-state index in [-0.39, 0.29) is 36.0 Å². The Morgan fingerprint density at radius 1 is 1.11 bits per heavy atom. The van der Waals surface area contributed by atoms with Gasteiger partial charge < -0.3 is 14.1 Å². The van der Waals surface area contributed by atoms with E-state index in [0.29, 0.717) is 18.9 Å². The molecule has 0 atom stereocenters. The highest BCUT2D eigenvalue weighted by Gasteiger charge is 2.23. The van der Waals surface area contributed by atoms with Gasteiger partial charge in [-0.1, -0.05) is 18.2 Å². The highest BCUT2D eigenvalue weighted by molar-refractivity contribution is 5.95. The van der Waals surface area contributed by atoms with Crippen molar-refractivity contribution >= 4 is 11.6 Å². The van der Waals surface area contributed by atoms with Gasteiger partial charge in [0, 0.05) is 12.8 Å². The predicted molar refractivity (Wildman–Crippen MR) is 94.5 cm³/mol. The topological polar surface area (TPSA) is 55.6 Å². The molecule has 0 saturated heterocycles. The van der Waals surface area contributed by atoms with Crippen molar-refractivity contribution in [2.45, 2.75) is 12.8 Å². The Labute approximate surface area is 154 Å². The normalized spacial score (nSPS) is 13.2. The lowest BCUT2D eigenvalue weighted by atomic mass is 10.1. The van der Waals surface area contributed by atoms with Crippen LogP contribution < -0.4 is 9.64 Å². The Morgan fingerprint density at radius 2 is 1.89 bits per heavy atom. The molecule has 5 nitrogen and oxygen atoms in total. The lowest BCUT2D eigenvalue weighted by Gasteiger charge is -2.29. The highest BCUT2D eigenvalue weighted by atomic mass is 19.1. The number of carbonyl (C=O) groups is 1. The van der Waals surface area contributed by atoms with E-state index < -0.39 is 11.6 Å². The van der Waals surface area contributed by atoms with Crippen molar-refractivity contribution < 1.29 is 22.7 Å². The van der Waals surface area contributed by atoms with Crippen LogP contribution in [0.25, 0.3) is 11.3 Å². The summed E-state index contributed by atoms with van der Waals surface area (Å²) < 4.78 is 38.7. The van der Waals surface area contributed by atoms with E-state index in [1.54, 1.807) is 4.90 Å². The number of halogens is 2. The number of para-hydroxylation sites is 2. The van der Waals surface area contributed by atoms with Gasteiger partial charge in [0.05, 0.1) is 24.0 Å². The van der Waals surface area contributed by atoms with Crippen LogP contribution in [0, 0.1) is 11.6 Å². The fourth-order valence-electron chi connectivity index (χ4n) is 3.05. The van der Waals surface area contributed by atoms with E-state index in [1.165, 1.54) is 12.3 Å². The zero-order valence-electron chi connectivity index (χ0n) is 14.3. The maximum absolute atomic E-state index is 13.8. The number of carbonyl (C=O) groups excluding carboxylic acids is 1. The molecule has 2 aromatic carbocycles. The number of aryl methyl sites for hydroxylation is 1. The molecule has 138 valence electrons. The lowest BCUT2D eigenvalue weighted by molar-refractivity contribution is -0.118. The Kier molecular flexibility index (Phi) is 4.58. The molecule has 0 saturated carbocycles. The van der Waals surface area contributed by atoms with Gasteiger partial charge in [0.1, 0.15) is 24.0 Å². The summed E-state index contributed by atoms with van der Waals surface area (Å²) in [6.45, 7) is 0.894. The van der Waals surface area contributed by atoms with Gasteiger partial charge >= 0.3 is 0 Å². The van der Waals surface area contributed by atoms with Crippen molar-refractivity contribution in [1.82, 2.24) is 4.98 Å². The summed E-state index contributed by atoms with van der Waals surface area (Å²) in [7, 11) is 0. The molecule has 1 aliphatic rings. The Morgan fingerprint density at radius 3 is 2.70 bits per heavy atom. The molecular formula is C20H16F2N2O3. The fraction of sp³-hybridized carbons (Fsp3) is 0.200. The summed E-state index contributed by atoms with van der Waals surface area (Å²) in [5.74, 6) is -0.613. The zero-order chi connectivity index (χ0) is 18.8. The van der Waals surface area contributed by atoms with Gasteiger partial charge in [-0.15, -0.1) is 0 Å². The monoisotopic (exact) mass is 370 g/mol. The number of benzene rings is 2. The van der Waals surface area contributed by atoms with Crippen molar-refractivity contribution in [2.24, 2.45) is 0 Å². The van der Waals surface area contributed by atoms with E-state index in [1.807, 2.05) is 24.3 Å². The molecule has 4 rings (SSSR count). The van der Waals surface area contributed by atoms with E-state index in [9.17, 15) is 13.6 Å². The largest absolute Gasteiger partial charge is 0.490 e. The predicted octanol–water partition coefficient (Wildman–Crippen LogP) is 3.98. The molecule has 0 radical (unpaired) electrons. The van der Waals surface area contributed by atoms with Crippen LogP contribution >= 0.6 is 0 Å². The minimum absolute atomic E-state index is 0.00441. The number of aromatic nitrogens is 1. The molecule has 3 aromatic rings. The number of hydrogen-bond acceptors (Lipinski definition) is 4. The van der Waals surface area contributed by atoms with Crippen LogP contribution in [0.4, 0.5) is 14.5 Å². The van der Waals surface area contributed by atoms with E-state index in [0.717, 1.165) is 17.8 Å². The fourth-order valence-corrected chi connectivity index (χ4v) is 3.05. The second-order valence-electron chi connectivity index (χ2n) is 6.08. The molecule has 0 bridgehead atoms. The first-order chi connectivity index (χ1) is 13.1. The zero-order valence-corrected chi connectivity index (χ0v) is 14.3.